The van der Waals surface area contributed by atoms with Gasteiger partial charge in [-0.15, -0.1) is 0 Å². The van der Waals surface area contributed by atoms with Crippen molar-refractivity contribution in [2.24, 2.45) is 0 Å². The summed E-state index contributed by atoms with van der Waals surface area (Å²) in [5.74, 6) is 1.31. The summed E-state index contributed by atoms with van der Waals surface area (Å²) in [4.78, 5) is 4.43. The number of nitrogens with one attached hydrogen (secondary N) is 1. The monoisotopic (exact) mass is 265 g/mol. The molecule has 1 fully saturated rings. The number of anilines is 2. The van der Waals surface area contributed by atoms with Crippen molar-refractivity contribution in [3.63, 3.8) is 0 Å². The molecule has 0 spiro atoms. The largest absolute Gasteiger partial charge is 0.473 e. The molecule has 5 nitrogen and oxygen atoms in total. The molecule has 0 amide bonds. The van der Waals surface area contributed by atoms with E-state index in [9.17, 15) is 0 Å². The van der Waals surface area contributed by atoms with Crippen LogP contribution in [-0.2, 0) is 4.74 Å². The molecule has 0 aliphatic heterocycles. The van der Waals surface area contributed by atoms with Gasteiger partial charge in [-0.2, -0.15) is 4.98 Å². The zero-order valence-corrected chi connectivity index (χ0v) is 11.8. The van der Waals surface area contributed by atoms with Crippen LogP contribution in [0.1, 0.15) is 33.1 Å². The SMILES string of the molecule is COC1CCC(Nc2ccc(N)c(OC(C)C)n2)C1. The number of hydrogen-bond acceptors (Lipinski definition) is 5. The Bertz CT molecular complexity index is 423. The van der Waals surface area contributed by atoms with E-state index in [0.717, 1.165) is 25.1 Å². The highest BCUT2D eigenvalue weighted by atomic mass is 16.5. The maximum Gasteiger partial charge on any atom is 0.239 e. The Morgan fingerprint density at radius 1 is 1.37 bits per heavy atom. The summed E-state index contributed by atoms with van der Waals surface area (Å²) in [6.45, 7) is 3.92. The molecule has 106 valence electrons. The van der Waals surface area contributed by atoms with Gasteiger partial charge in [-0.3, -0.25) is 0 Å². The molecule has 5 heteroatoms. The Morgan fingerprint density at radius 3 is 2.79 bits per heavy atom. The highest BCUT2D eigenvalue weighted by molar-refractivity contribution is 5.54. The molecule has 0 radical (unpaired) electrons. The van der Waals surface area contributed by atoms with E-state index in [0.29, 0.717) is 23.7 Å². The van der Waals surface area contributed by atoms with Crippen LogP contribution in [0.5, 0.6) is 5.88 Å². The van der Waals surface area contributed by atoms with E-state index >= 15 is 0 Å². The molecule has 1 aliphatic rings. The van der Waals surface area contributed by atoms with Crippen LogP contribution >= 0.6 is 0 Å². The van der Waals surface area contributed by atoms with Crippen LogP contribution in [0.3, 0.4) is 0 Å². The molecule has 1 saturated carbocycles. The summed E-state index contributed by atoms with van der Waals surface area (Å²) in [6.07, 6.45) is 3.64. The zero-order valence-electron chi connectivity index (χ0n) is 11.8. The summed E-state index contributed by atoms with van der Waals surface area (Å²) in [7, 11) is 1.77. The van der Waals surface area contributed by atoms with Crippen LogP contribution in [0.4, 0.5) is 11.5 Å². The van der Waals surface area contributed by atoms with Gasteiger partial charge in [-0.05, 0) is 45.2 Å². The average molecular weight is 265 g/mol. The summed E-state index contributed by atoms with van der Waals surface area (Å²) in [5, 5.41) is 3.42. The molecule has 0 saturated heterocycles. The average Bonchev–Trinajstić information content (AvgIpc) is 2.80. The molecule has 3 N–H and O–H groups in total. The molecule has 1 aromatic heterocycles. The number of nitrogens with two attached hydrogens (primary N) is 1. The predicted molar refractivity (Wildman–Crippen MR) is 76.5 cm³/mol. The minimum absolute atomic E-state index is 0.0643. The lowest BCUT2D eigenvalue weighted by molar-refractivity contribution is 0.108. The predicted octanol–water partition coefficient (Wildman–Crippen LogP) is 2.43. The number of pyridine rings is 1. The lowest BCUT2D eigenvalue weighted by Crippen LogP contribution is -2.18. The van der Waals surface area contributed by atoms with Gasteiger partial charge >= 0.3 is 0 Å². The Kier molecular flexibility index (Phi) is 4.47. The first-order chi connectivity index (χ1) is 9.08. The van der Waals surface area contributed by atoms with E-state index in [1.54, 1.807) is 7.11 Å². The number of nitrogens with zero attached hydrogens (tertiary/aromatic N) is 1. The van der Waals surface area contributed by atoms with Crippen LogP contribution in [0.15, 0.2) is 12.1 Å². The van der Waals surface area contributed by atoms with E-state index in [-0.39, 0.29) is 6.10 Å². The third-order valence-electron chi connectivity index (χ3n) is 3.31. The third-order valence-corrected chi connectivity index (χ3v) is 3.31. The number of nitrogen functional groups attached to an aromatic ring is 1. The molecular formula is C14H23N3O2. The Morgan fingerprint density at radius 2 is 2.16 bits per heavy atom. The molecule has 0 bridgehead atoms. The van der Waals surface area contributed by atoms with Crippen molar-refractivity contribution < 1.29 is 9.47 Å². The van der Waals surface area contributed by atoms with E-state index in [1.165, 1.54) is 0 Å². The second-order valence-corrected chi connectivity index (χ2v) is 5.27. The summed E-state index contributed by atoms with van der Waals surface area (Å²) in [6, 6.07) is 4.13. The van der Waals surface area contributed by atoms with Gasteiger partial charge in [-0.1, -0.05) is 0 Å². The number of rotatable bonds is 5. The molecule has 1 heterocycles. The molecule has 2 atom stereocenters. The van der Waals surface area contributed by atoms with Gasteiger partial charge in [0.15, 0.2) is 0 Å². The Balaban J connectivity index is 2.01. The van der Waals surface area contributed by atoms with Gasteiger partial charge in [0.25, 0.3) is 0 Å². The molecule has 19 heavy (non-hydrogen) atoms. The molecule has 2 unspecified atom stereocenters. The van der Waals surface area contributed by atoms with Crippen LogP contribution in [0.2, 0.25) is 0 Å². The Hall–Kier alpha value is -1.49. The standard InChI is InChI=1S/C14H23N3O2/c1-9(2)19-14-12(15)6-7-13(17-14)16-10-4-5-11(8-10)18-3/h6-7,9-11H,4-5,8,15H2,1-3H3,(H,16,17). The molecule has 2 rings (SSSR count). The van der Waals surface area contributed by atoms with Gasteiger partial charge in [0, 0.05) is 13.2 Å². The fraction of sp³-hybridized carbons (Fsp3) is 0.643. The van der Waals surface area contributed by atoms with Crippen molar-refractivity contribution in [1.29, 1.82) is 0 Å². The van der Waals surface area contributed by atoms with Crippen LogP contribution < -0.4 is 15.8 Å². The van der Waals surface area contributed by atoms with E-state index in [4.69, 9.17) is 15.2 Å². The lowest BCUT2D eigenvalue weighted by atomic mass is 10.2. The maximum absolute atomic E-state index is 5.85. The lowest BCUT2D eigenvalue weighted by Gasteiger charge is -2.16. The number of hydrogen-bond donors (Lipinski definition) is 2. The number of ether oxygens (including phenoxy) is 2. The van der Waals surface area contributed by atoms with Gasteiger partial charge in [0.05, 0.1) is 17.9 Å². The zero-order chi connectivity index (χ0) is 13.8. The summed E-state index contributed by atoms with van der Waals surface area (Å²) < 4.78 is 11.0. The van der Waals surface area contributed by atoms with Crippen LogP contribution in [0, 0.1) is 0 Å². The Labute approximate surface area is 114 Å². The minimum atomic E-state index is 0.0643. The normalized spacial score (nSPS) is 22.7. The molecule has 1 aliphatic carbocycles. The van der Waals surface area contributed by atoms with Gasteiger partial charge < -0.3 is 20.5 Å². The third kappa shape index (κ3) is 3.73. The quantitative estimate of drug-likeness (QED) is 0.855. The first-order valence-corrected chi connectivity index (χ1v) is 6.81. The topological polar surface area (TPSA) is 69.4 Å². The van der Waals surface area contributed by atoms with Gasteiger partial charge in [-0.25, -0.2) is 0 Å². The fourth-order valence-corrected chi connectivity index (χ4v) is 2.34. The minimum Gasteiger partial charge on any atom is -0.473 e. The molecule has 0 aromatic carbocycles. The smallest absolute Gasteiger partial charge is 0.239 e. The van der Waals surface area contributed by atoms with E-state index in [2.05, 4.69) is 10.3 Å². The van der Waals surface area contributed by atoms with Crippen LogP contribution in [-0.4, -0.2) is 30.3 Å². The first-order valence-electron chi connectivity index (χ1n) is 6.81. The highest BCUT2D eigenvalue weighted by Crippen LogP contribution is 2.27. The van der Waals surface area contributed by atoms with Crippen molar-refractivity contribution in [3.05, 3.63) is 12.1 Å². The number of methoxy groups -OCH3 is 1. The molecular weight excluding hydrogens is 242 g/mol. The van der Waals surface area contributed by atoms with Crippen molar-refractivity contribution in [2.75, 3.05) is 18.2 Å². The summed E-state index contributed by atoms with van der Waals surface area (Å²) in [5.41, 5.74) is 6.42. The first kappa shape index (κ1) is 13.9. The van der Waals surface area contributed by atoms with Crippen LogP contribution in [0.25, 0.3) is 0 Å². The van der Waals surface area contributed by atoms with E-state index < -0.39 is 0 Å². The van der Waals surface area contributed by atoms with Gasteiger partial charge in [0.2, 0.25) is 5.88 Å². The summed E-state index contributed by atoms with van der Waals surface area (Å²) >= 11 is 0. The van der Waals surface area contributed by atoms with Crippen molar-refractivity contribution in [2.45, 2.75) is 51.4 Å². The fourth-order valence-electron chi connectivity index (χ4n) is 2.34. The highest BCUT2D eigenvalue weighted by Gasteiger charge is 2.24. The van der Waals surface area contributed by atoms with Gasteiger partial charge in [0.1, 0.15) is 5.82 Å². The maximum atomic E-state index is 5.85. The van der Waals surface area contributed by atoms with Crippen molar-refractivity contribution in [1.82, 2.24) is 4.98 Å². The number of aromatic nitrogens is 1. The van der Waals surface area contributed by atoms with E-state index in [1.807, 2.05) is 26.0 Å². The second-order valence-electron chi connectivity index (χ2n) is 5.27. The molecule has 1 aromatic rings. The van der Waals surface area contributed by atoms with Crippen molar-refractivity contribution in [3.8, 4) is 5.88 Å². The van der Waals surface area contributed by atoms with Crippen molar-refractivity contribution >= 4 is 11.5 Å². The second kappa shape index (κ2) is 6.10.